The Morgan fingerprint density at radius 2 is 2.12 bits per heavy atom. The van der Waals surface area contributed by atoms with Gasteiger partial charge in [0.2, 0.25) is 15.0 Å². The van der Waals surface area contributed by atoms with Gasteiger partial charge in [-0.25, -0.2) is 18.5 Å². The topological polar surface area (TPSA) is 102 Å². The van der Waals surface area contributed by atoms with Gasteiger partial charge < -0.3 is 4.52 Å². The highest BCUT2D eigenvalue weighted by molar-refractivity contribution is 7.91. The molecule has 1 N–H and O–H groups in total. The van der Waals surface area contributed by atoms with Gasteiger partial charge in [-0.2, -0.15) is 5.10 Å². The molecule has 92 valence electrons. The van der Waals surface area contributed by atoms with E-state index in [0.717, 1.165) is 6.33 Å². The van der Waals surface area contributed by atoms with Gasteiger partial charge in [0.25, 0.3) is 0 Å². The number of aryl methyl sites for hydroxylation is 2. The molecule has 2 heterocycles. The molecule has 2 aromatic heterocycles. The van der Waals surface area contributed by atoms with Crippen molar-refractivity contribution in [2.24, 2.45) is 0 Å². The van der Waals surface area contributed by atoms with Crippen molar-refractivity contribution in [2.75, 3.05) is 0 Å². The fraction of sp³-hybridized carbons (Fsp3) is 0.444. The normalized spacial score (nSPS) is 11.9. The molecule has 0 amide bonds. The molecule has 0 radical (unpaired) electrons. The maximum atomic E-state index is 12.3. The maximum Gasteiger partial charge on any atom is 0.248 e. The monoisotopic (exact) mass is 256 g/mol. The van der Waals surface area contributed by atoms with E-state index < -0.39 is 9.84 Å². The van der Waals surface area contributed by atoms with Gasteiger partial charge in [0.1, 0.15) is 16.9 Å². The van der Waals surface area contributed by atoms with Crippen molar-refractivity contribution in [2.45, 2.75) is 36.7 Å². The van der Waals surface area contributed by atoms with Crippen LogP contribution in [0.25, 0.3) is 0 Å². The number of aromatic nitrogens is 4. The van der Waals surface area contributed by atoms with Crippen molar-refractivity contribution in [3.05, 3.63) is 17.8 Å². The summed E-state index contributed by atoms with van der Waals surface area (Å²) in [7, 11) is -3.72. The van der Waals surface area contributed by atoms with E-state index in [1.807, 2.05) is 6.92 Å². The van der Waals surface area contributed by atoms with Crippen LogP contribution >= 0.6 is 0 Å². The third-order valence-electron chi connectivity index (χ3n) is 2.35. The fourth-order valence-corrected chi connectivity index (χ4v) is 3.05. The Morgan fingerprint density at radius 1 is 1.35 bits per heavy atom. The molecule has 0 saturated carbocycles. The van der Waals surface area contributed by atoms with Crippen molar-refractivity contribution in [3.8, 4) is 0 Å². The molecule has 0 atom stereocenters. The summed E-state index contributed by atoms with van der Waals surface area (Å²) in [6.07, 6.45) is 2.08. The zero-order valence-electron chi connectivity index (χ0n) is 9.47. The molecule has 17 heavy (non-hydrogen) atoms. The summed E-state index contributed by atoms with van der Waals surface area (Å²) in [5, 5.41) is 9.47. The lowest BCUT2D eigenvalue weighted by Crippen LogP contribution is -2.08. The molecule has 0 aliphatic carbocycles. The molecular weight excluding hydrogens is 244 g/mol. The third kappa shape index (κ3) is 1.84. The Morgan fingerprint density at radius 3 is 2.65 bits per heavy atom. The van der Waals surface area contributed by atoms with Crippen LogP contribution in [0.15, 0.2) is 20.9 Å². The highest BCUT2D eigenvalue weighted by Crippen LogP contribution is 2.26. The predicted molar refractivity (Wildman–Crippen MR) is 57.1 cm³/mol. The van der Waals surface area contributed by atoms with Crippen LogP contribution < -0.4 is 0 Å². The highest BCUT2D eigenvalue weighted by Gasteiger charge is 2.30. The van der Waals surface area contributed by atoms with Crippen LogP contribution in [0, 0.1) is 0 Å². The van der Waals surface area contributed by atoms with Crippen LogP contribution in [0.2, 0.25) is 0 Å². The maximum absolute atomic E-state index is 12.3. The van der Waals surface area contributed by atoms with Crippen molar-refractivity contribution >= 4 is 9.84 Å². The van der Waals surface area contributed by atoms with Crippen molar-refractivity contribution in [1.29, 1.82) is 0 Å². The minimum atomic E-state index is -3.72. The fourth-order valence-electron chi connectivity index (χ4n) is 1.53. The van der Waals surface area contributed by atoms with E-state index in [9.17, 15) is 8.42 Å². The van der Waals surface area contributed by atoms with E-state index in [1.54, 1.807) is 6.92 Å². The van der Waals surface area contributed by atoms with E-state index in [2.05, 4.69) is 20.3 Å². The Bertz CT molecular complexity index is 579. The van der Waals surface area contributed by atoms with Crippen molar-refractivity contribution in [3.63, 3.8) is 0 Å². The smallest absolute Gasteiger partial charge is 0.248 e. The SMILES string of the molecule is CCc1noc(CC)c1S(=O)(=O)c1ncn[nH]1. The van der Waals surface area contributed by atoms with Gasteiger partial charge >= 0.3 is 0 Å². The number of nitrogens with one attached hydrogen (secondary N) is 1. The first-order valence-electron chi connectivity index (χ1n) is 5.19. The number of sulfone groups is 1. The standard InChI is InChI=1S/C9H12N4O3S/c1-3-6-8(7(4-2)16-13-6)17(14,15)9-10-5-11-12-9/h5H,3-4H2,1-2H3,(H,10,11,12). The Kier molecular flexibility index (Phi) is 2.97. The van der Waals surface area contributed by atoms with E-state index in [1.165, 1.54) is 0 Å². The van der Waals surface area contributed by atoms with Gasteiger partial charge in [0.15, 0.2) is 5.76 Å². The summed E-state index contributed by atoms with van der Waals surface area (Å²) in [4.78, 5) is 3.78. The minimum absolute atomic E-state index is 0.110. The Labute approximate surface area is 98.2 Å². The second kappa shape index (κ2) is 4.28. The van der Waals surface area contributed by atoms with Crippen LogP contribution in [0.4, 0.5) is 0 Å². The summed E-state index contributed by atoms with van der Waals surface area (Å²) in [6.45, 7) is 3.62. The molecule has 0 unspecified atom stereocenters. The zero-order valence-corrected chi connectivity index (χ0v) is 10.3. The van der Waals surface area contributed by atoms with Crippen LogP contribution in [0.5, 0.6) is 0 Å². The summed E-state index contributed by atoms with van der Waals surface area (Å²) in [5.74, 6) is 0.346. The molecule has 2 rings (SSSR count). The van der Waals surface area contributed by atoms with E-state index in [4.69, 9.17) is 4.52 Å². The lowest BCUT2D eigenvalue weighted by Gasteiger charge is -2.00. The van der Waals surface area contributed by atoms with Gasteiger partial charge in [0, 0.05) is 6.42 Å². The molecule has 0 bridgehead atoms. The molecule has 0 aliphatic rings. The van der Waals surface area contributed by atoms with Gasteiger partial charge in [-0.3, -0.25) is 0 Å². The zero-order chi connectivity index (χ0) is 12.5. The summed E-state index contributed by atoms with van der Waals surface area (Å²) in [5.41, 5.74) is 0.415. The Hall–Kier alpha value is -1.70. The lowest BCUT2D eigenvalue weighted by atomic mass is 10.3. The van der Waals surface area contributed by atoms with Gasteiger partial charge in [-0.05, 0) is 6.42 Å². The van der Waals surface area contributed by atoms with Crippen LogP contribution in [-0.2, 0) is 22.7 Å². The van der Waals surface area contributed by atoms with Gasteiger partial charge in [-0.15, -0.1) is 0 Å². The van der Waals surface area contributed by atoms with Crippen LogP contribution in [0.1, 0.15) is 25.3 Å². The number of rotatable bonds is 4. The van der Waals surface area contributed by atoms with Crippen LogP contribution in [-0.4, -0.2) is 28.8 Å². The lowest BCUT2D eigenvalue weighted by molar-refractivity contribution is 0.378. The van der Waals surface area contributed by atoms with E-state index >= 15 is 0 Å². The number of nitrogens with zero attached hydrogens (tertiary/aromatic N) is 3. The molecule has 0 aromatic carbocycles. The van der Waals surface area contributed by atoms with Gasteiger partial charge in [0.05, 0.1) is 0 Å². The second-order valence-electron chi connectivity index (χ2n) is 3.38. The van der Waals surface area contributed by atoms with E-state index in [-0.39, 0.29) is 10.1 Å². The third-order valence-corrected chi connectivity index (χ3v) is 4.06. The molecule has 7 nitrogen and oxygen atoms in total. The molecule has 0 fully saturated rings. The molecule has 0 saturated heterocycles. The first-order valence-corrected chi connectivity index (χ1v) is 6.67. The summed E-state index contributed by atoms with van der Waals surface area (Å²) >= 11 is 0. The van der Waals surface area contributed by atoms with Crippen molar-refractivity contribution in [1.82, 2.24) is 20.3 Å². The minimum Gasteiger partial charge on any atom is -0.360 e. The molecule has 8 heteroatoms. The number of H-pyrrole nitrogens is 1. The summed E-state index contributed by atoms with van der Waals surface area (Å²) in [6, 6.07) is 0. The molecule has 0 aliphatic heterocycles. The summed E-state index contributed by atoms with van der Waals surface area (Å²) < 4.78 is 29.6. The van der Waals surface area contributed by atoms with Crippen LogP contribution in [0.3, 0.4) is 0 Å². The predicted octanol–water partition coefficient (Wildman–Crippen LogP) is 0.750. The number of hydrogen-bond acceptors (Lipinski definition) is 6. The molecular formula is C9H12N4O3S. The highest BCUT2D eigenvalue weighted by atomic mass is 32.2. The quantitative estimate of drug-likeness (QED) is 0.866. The number of aromatic amines is 1. The second-order valence-corrected chi connectivity index (χ2v) is 5.18. The average Bonchev–Trinajstić information content (AvgIpc) is 2.97. The average molecular weight is 256 g/mol. The first kappa shape index (κ1) is 11.8. The Balaban J connectivity index is 2.64. The number of hydrogen-bond donors (Lipinski definition) is 1. The largest absolute Gasteiger partial charge is 0.360 e. The first-order chi connectivity index (χ1) is 8.11. The van der Waals surface area contributed by atoms with Crippen molar-refractivity contribution < 1.29 is 12.9 Å². The molecule has 0 spiro atoms. The molecule has 2 aromatic rings. The van der Waals surface area contributed by atoms with E-state index in [0.29, 0.717) is 24.3 Å². The van der Waals surface area contributed by atoms with Gasteiger partial charge in [-0.1, -0.05) is 19.0 Å².